The van der Waals surface area contributed by atoms with Crippen LogP contribution in [0.2, 0.25) is 0 Å². The molecule has 0 aliphatic rings. The minimum atomic E-state index is -0.748. The standard InChI is InChI=1S/C3H5NOS/c1-6-2-3(4)5/h2H2,1H3. The van der Waals surface area contributed by atoms with Crippen molar-refractivity contribution in [2.45, 2.75) is 0 Å². The number of carbonyl (C=O) groups is 1. The molecule has 0 aliphatic carbocycles. The summed E-state index contributed by atoms with van der Waals surface area (Å²) < 4.78 is 0. The third-order valence-electron chi connectivity index (χ3n) is 0.268. The summed E-state index contributed by atoms with van der Waals surface area (Å²) in [6.07, 6.45) is 1.76. The number of thioether (sulfide) groups is 1. The zero-order valence-electron chi connectivity index (χ0n) is 3.47. The van der Waals surface area contributed by atoms with Gasteiger partial charge in [-0.25, -0.2) is 0 Å². The van der Waals surface area contributed by atoms with E-state index in [1.807, 2.05) is 0 Å². The molecule has 3 heteroatoms. The molecule has 0 aromatic heterocycles. The number of rotatable bonds is 2. The maximum Gasteiger partial charge on any atom is 0.274 e. The smallest absolute Gasteiger partial charge is 0.270 e. The number of hydrogen-bond acceptors (Lipinski definition) is 2. The molecule has 0 aromatic carbocycles. The Balaban J connectivity index is 2.83. The van der Waals surface area contributed by atoms with E-state index >= 15 is 0 Å². The summed E-state index contributed by atoms with van der Waals surface area (Å²) >= 11 is 1.31. The maximum atomic E-state index is 9.58. The highest BCUT2D eigenvalue weighted by molar-refractivity contribution is 7.99. The summed E-state index contributed by atoms with van der Waals surface area (Å²) in [5, 5.41) is 0. The van der Waals surface area contributed by atoms with Crippen molar-refractivity contribution in [2.24, 2.45) is 0 Å². The van der Waals surface area contributed by atoms with Crippen molar-refractivity contribution >= 4 is 17.7 Å². The number of nitrogens with zero attached hydrogens (tertiary/aromatic N) is 1. The van der Waals surface area contributed by atoms with E-state index < -0.39 is 5.91 Å². The Labute approximate surface area is 41.1 Å². The normalized spacial score (nSPS) is 8.17. The molecular weight excluding hydrogens is 98.1 g/mol. The molecule has 0 saturated heterocycles. The van der Waals surface area contributed by atoms with E-state index in [-0.39, 0.29) is 5.75 Å². The molecule has 2 nitrogen and oxygen atoms in total. The van der Waals surface area contributed by atoms with Gasteiger partial charge in [0.2, 0.25) is 0 Å². The van der Waals surface area contributed by atoms with Crippen LogP contribution in [0.25, 0.3) is 0 Å². The van der Waals surface area contributed by atoms with Crippen LogP contribution in [0.4, 0.5) is 0 Å². The summed E-state index contributed by atoms with van der Waals surface area (Å²) in [6, 6.07) is 0. The zero-order valence-corrected chi connectivity index (χ0v) is 4.29. The second-order valence-electron chi connectivity index (χ2n) is 0.827. The Morgan fingerprint density at radius 2 is 2.50 bits per heavy atom. The predicted molar refractivity (Wildman–Crippen MR) is 25.5 cm³/mol. The van der Waals surface area contributed by atoms with E-state index in [4.69, 9.17) is 5.73 Å². The van der Waals surface area contributed by atoms with Gasteiger partial charge in [0.25, 0.3) is 5.91 Å². The van der Waals surface area contributed by atoms with E-state index in [2.05, 4.69) is 0 Å². The molecule has 2 radical (unpaired) electrons. The molecule has 34 valence electrons. The third kappa shape index (κ3) is 3.82. The fourth-order valence-electron chi connectivity index (χ4n) is 0.123. The first-order chi connectivity index (χ1) is 2.77. The van der Waals surface area contributed by atoms with Gasteiger partial charge in [-0.15, -0.1) is 5.73 Å². The van der Waals surface area contributed by atoms with Gasteiger partial charge < -0.3 is 0 Å². The molecule has 0 aromatic rings. The van der Waals surface area contributed by atoms with Gasteiger partial charge in [-0.1, -0.05) is 0 Å². The van der Waals surface area contributed by atoms with E-state index in [1.54, 1.807) is 6.26 Å². The maximum absolute atomic E-state index is 9.58. The van der Waals surface area contributed by atoms with Crippen LogP contribution in [0.3, 0.4) is 0 Å². The van der Waals surface area contributed by atoms with E-state index in [0.717, 1.165) is 0 Å². The van der Waals surface area contributed by atoms with Gasteiger partial charge in [0.15, 0.2) is 0 Å². The van der Waals surface area contributed by atoms with E-state index in [1.165, 1.54) is 11.8 Å². The van der Waals surface area contributed by atoms with E-state index in [9.17, 15) is 4.79 Å². The summed E-state index contributed by atoms with van der Waals surface area (Å²) in [6.45, 7) is 0. The average molecular weight is 103 g/mol. The van der Waals surface area contributed by atoms with Gasteiger partial charge in [0, 0.05) is 0 Å². The summed E-state index contributed by atoms with van der Waals surface area (Å²) in [7, 11) is 0. The molecule has 0 N–H and O–H groups in total. The molecule has 0 rings (SSSR count). The summed E-state index contributed by atoms with van der Waals surface area (Å²) in [5.74, 6) is -0.539. The van der Waals surface area contributed by atoms with Gasteiger partial charge in [-0.05, 0) is 6.26 Å². The second-order valence-corrected chi connectivity index (χ2v) is 1.69. The van der Waals surface area contributed by atoms with Gasteiger partial charge in [-0.2, -0.15) is 11.8 Å². The fraction of sp³-hybridized carbons (Fsp3) is 0.667. The van der Waals surface area contributed by atoms with E-state index in [0.29, 0.717) is 0 Å². The summed E-state index contributed by atoms with van der Waals surface area (Å²) in [5.41, 5.74) is 7.89. The Morgan fingerprint density at radius 3 is 2.50 bits per heavy atom. The largest absolute Gasteiger partial charge is 0.274 e. The van der Waals surface area contributed by atoms with Gasteiger partial charge >= 0.3 is 0 Å². The van der Waals surface area contributed by atoms with Crippen molar-refractivity contribution in [1.29, 1.82) is 0 Å². The molecule has 0 fully saturated rings. The van der Waals surface area contributed by atoms with Gasteiger partial charge in [0.05, 0.1) is 5.75 Å². The van der Waals surface area contributed by atoms with Crippen LogP contribution in [0, 0.1) is 0 Å². The molecular formula is C3H5NOS. The van der Waals surface area contributed by atoms with Crippen LogP contribution >= 0.6 is 11.8 Å². The summed E-state index contributed by atoms with van der Waals surface area (Å²) in [4.78, 5) is 9.58. The molecule has 6 heavy (non-hydrogen) atoms. The Morgan fingerprint density at radius 1 is 2.00 bits per heavy atom. The highest BCUT2D eigenvalue weighted by atomic mass is 32.2. The predicted octanol–water partition coefficient (Wildman–Crippen LogP) is -0.0553. The average Bonchev–Trinajstić information content (AvgIpc) is 1.35. The van der Waals surface area contributed by atoms with Crippen molar-refractivity contribution in [3.63, 3.8) is 0 Å². The lowest BCUT2D eigenvalue weighted by atomic mass is 10.8. The lowest BCUT2D eigenvalue weighted by molar-refractivity contribution is -0.116. The monoisotopic (exact) mass is 103 g/mol. The second kappa shape index (κ2) is 3.03. The van der Waals surface area contributed by atoms with Crippen molar-refractivity contribution in [1.82, 2.24) is 5.73 Å². The third-order valence-corrected chi connectivity index (χ3v) is 0.803. The number of hydrogen-bond donors (Lipinski definition) is 0. The number of carbonyl (C=O) groups excluding carboxylic acids is 1. The first-order valence-corrected chi connectivity index (χ1v) is 2.87. The van der Waals surface area contributed by atoms with Crippen molar-refractivity contribution in [3.8, 4) is 0 Å². The van der Waals surface area contributed by atoms with Gasteiger partial charge in [-0.3, -0.25) is 4.79 Å². The molecule has 0 spiro atoms. The van der Waals surface area contributed by atoms with Crippen LogP contribution in [0.5, 0.6) is 0 Å². The van der Waals surface area contributed by atoms with Crippen LogP contribution in [-0.4, -0.2) is 17.9 Å². The molecule has 1 amide bonds. The number of amides is 1. The van der Waals surface area contributed by atoms with Crippen molar-refractivity contribution < 1.29 is 4.79 Å². The Hall–Kier alpha value is -0.180. The highest BCUT2D eigenvalue weighted by Crippen LogP contribution is 1.86. The van der Waals surface area contributed by atoms with Crippen molar-refractivity contribution in [2.75, 3.05) is 12.0 Å². The fourth-order valence-corrected chi connectivity index (χ4v) is 0.370. The van der Waals surface area contributed by atoms with Crippen LogP contribution < -0.4 is 5.73 Å². The van der Waals surface area contributed by atoms with Crippen LogP contribution in [-0.2, 0) is 4.79 Å². The zero-order chi connectivity index (χ0) is 4.99. The molecule has 0 aliphatic heterocycles. The first kappa shape index (κ1) is 5.82. The highest BCUT2D eigenvalue weighted by Gasteiger charge is 1.88. The molecule has 0 heterocycles. The lowest BCUT2D eigenvalue weighted by Gasteiger charge is -1.77. The first-order valence-electron chi connectivity index (χ1n) is 1.48. The van der Waals surface area contributed by atoms with Gasteiger partial charge in [0.1, 0.15) is 0 Å². The molecule has 0 atom stereocenters. The lowest BCUT2D eigenvalue weighted by Crippen LogP contribution is -1.98. The minimum absolute atomic E-state index is 0.208. The molecule has 0 unspecified atom stereocenters. The van der Waals surface area contributed by atoms with Crippen molar-refractivity contribution in [3.05, 3.63) is 0 Å². The molecule has 0 saturated carbocycles. The quantitative estimate of drug-likeness (QED) is 0.491. The minimum Gasteiger partial charge on any atom is -0.270 e. The van der Waals surface area contributed by atoms with Crippen LogP contribution in [0.15, 0.2) is 0 Å². The SMILES string of the molecule is CSCC([N])=O. The Bertz CT molecular complexity index is 54.8. The Kier molecular flexibility index (Phi) is 2.94. The topological polar surface area (TPSA) is 39.4 Å². The van der Waals surface area contributed by atoms with Crippen LogP contribution in [0.1, 0.15) is 0 Å². The molecule has 0 bridgehead atoms.